The first-order valence-electron chi connectivity index (χ1n) is 4.85. The van der Waals surface area contributed by atoms with E-state index in [1.807, 2.05) is 6.92 Å². The van der Waals surface area contributed by atoms with Crippen LogP contribution in [0.5, 0.6) is 0 Å². The van der Waals surface area contributed by atoms with Gasteiger partial charge < -0.3 is 15.3 Å². The second-order valence-electron chi connectivity index (χ2n) is 4.37. The van der Waals surface area contributed by atoms with E-state index in [0.29, 0.717) is 5.92 Å². The average molecular weight is 190 g/mol. The van der Waals surface area contributed by atoms with E-state index in [0.717, 1.165) is 6.42 Å². The Kier molecular flexibility index (Phi) is 5.53. The van der Waals surface area contributed by atoms with E-state index in [2.05, 4.69) is 13.8 Å². The zero-order valence-electron chi connectivity index (χ0n) is 8.82. The Morgan fingerprint density at radius 2 is 1.31 bits per heavy atom. The molecule has 0 aromatic rings. The molecule has 0 rings (SSSR count). The largest absolute Gasteiger partial charge is 0.396 e. The van der Waals surface area contributed by atoms with Crippen molar-refractivity contribution in [2.24, 2.45) is 17.3 Å². The van der Waals surface area contributed by atoms with E-state index >= 15 is 0 Å². The predicted molar refractivity (Wildman–Crippen MR) is 52.3 cm³/mol. The van der Waals surface area contributed by atoms with Crippen molar-refractivity contribution in [2.45, 2.75) is 27.2 Å². The lowest BCUT2D eigenvalue weighted by Gasteiger charge is -2.35. The van der Waals surface area contributed by atoms with Gasteiger partial charge in [0, 0.05) is 5.41 Å². The van der Waals surface area contributed by atoms with Gasteiger partial charge in [0.15, 0.2) is 0 Å². The smallest absolute Gasteiger partial charge is 0.0534 e. The summed E-state index contributed by atoms with van der Waals surface area (Å²) in [6, 6.07) is 0. The molecule has 1 unspecified atom stereocenters. The van der Waals surface area contributed by atoms with Gasteiger partial charge in [-0.2, -0.15) is 0 Å². The number of aliphatic hydroxyl groups excluding tert-OH is 3. The topological polar surface area (TPSA) is 60.7 Å². The molecule has 80 valence electrons. The van der Waals surface area contributed by atoms with Crippen LogP contribution in [0.15, 0.2) is 0 Å². The summed E-state index contributed by atoms with van der Waals surface area (Å²) in [5, 5.41) is 27.4. The van der Waals surface area contributed by atoms with Crippen LogP contribution in [0, 0.1) is 17.3 Å². The van der Waals surface area contributed by atoms with Gasteiger partial charge in [0.2, 0.25) is 0 Å². The molecule has 3 heteroatoms. The third-order valence-electron chi connectivity index (χ3n) is 2.82. The minimum Gasteiger partial charge on any atom is -0.396 e. The van der Waals surface area contributed by atoms with Gasteiger partial charge in [-0.25, -0.2) is 0 Å². The van der Waals surface area contributed by atoms with Crippen LogP contribution >= 0.6 is 0 Å². The third-order valence-corrected chi connectivity index (χ3v) is 2.82. The van der Waals surface area contributed by atoms with E-state index in [1.165, 1.54) is 0 Å². The molecule has 0 radical (unpaired) electrons. The van der Waals surface area contributed by atoms with Crippen molar-refractivity contribution in [2.75, 3.05) is 19.8 Å². The second kappa shape index (κ2) is 5.58. The van der Waals surface area contributed by atoms with E-state index in [1.54, 1.807) is 0 Å². The van der Waals surface area contributed by atoms with Crippen LogP contribution in [0.4, 0.5) is 0 Å². The molecule has 0 aliphatic carbocycles. The van der Waals surface area contributed by atoms with Crippen LogP contribution in [0.1, 0.15) is 27.2 Å². The second-order valence-corrected chi connectivity index (χ2v) is 4.37. The monoisotopic (exact) mass is 190 g/mol. The normalized spacial score (nSPS) is 15.0. The first-order chi connectivity index (χ1) is 6.02. The minimum absolute atomic E-state index is 0.132. The molecule has 0 amide bonds. The van der Waals surface area contributed by atoms with E-state index < -0.39 is 5.41 Å². The van der Waals surface area contributed by atoms with Crippen molar-refractivity contribution in [1.82, 2.24) is 0 Å². The van der Waals surface area contributed by atoms with Crippen LogP contribution in [-0.2, 0) is 0 Å². The maximum atomic E-state index is 9.14. The Morgan fingerprint density at radius 3 is 1.54 bits per heavy atom. The van der Waals surface area contributed by atoms with Crippen molar-refractivity contribution in [3.05, 3.63) is 0 Å². The fourth-order valence-electron chi connectivity index (χ4n) is 1.57. The molecule has 13 heavy (non-hydrogen) atoms. The standard InChI is InChI=1S/C10H22O3/c1-8(2)4-9(3)10(5-11,6-12)7-13/h8-9,11-13H,4-7H2,1-3H3. The van der Waals surface area contributed by atoms with Gasteiger partial charge in [-0.3, -0.25) is 0 Å². The van der Waals surface area contributed by atoms with E-state index in [4.69, 9.17) is 15.3 Å². The lowest BCUT2D eigenvalue weighted by molar-refractivity contribution is -0.0386. The molecule has 0 aliphatic heterocycles. The Hall–Kier alpha value is -0.120. The molecular weight excluding hydrogens is 168 g/mol. The molecule has 0 bridgehead atoms. The molecular formula is C10H22O3. The highest BCUT2D eigenvalue weighted by Gasteiger charge is 2.34. The molecule has 0 aromatic heterocycles. The SMILES string of the molecule is CC(C)CC(C)C(CO)(CO)CO. The molecule has 3 N–H and O–H groups in total. The summed E-state index contributed by atoms with van der Waals surface area (Å²) in [6.45, 7) is 5.67. The molecule has 1 atom stereocenters. The van der Waals surface area contributed by atoms with E-state index in [-0.39, 0.29) is 25.7 Å². The van der Waals surface area contributed by atoms with Gasteiger partial charge in [-0.1, -0.05) is 20.8 Å². The predicted octanol–water partition coefficient (Wildman–Crippen LogP) is 0.632. The highest BCUT2D eigenvalue weighted by atomic mass is 16.3. The highest BCUT2D eigenvalue weighted by molar-refractivity contribution is 4.83. The summed E-state index contributed by atoms with van der Waals surface area (Å²) in [6.07, 6.45) is 0.904. The average Bonchev–Trinajstić information content (AvgIpc) is 2.07. The summed E-state index contributed by atoms with van der Waals surface area (Å²) in [5.74, 6) is 0.645. The van der Waals surface area contributed by atoms with Crippen LogP contribution in [-0.4, -0.2) is 35.1 Å². The highest BCUT2D eigenvalue weighted by Crippen LogP contribution is 2.31. The number of hydrogen-bond donors (Lipinski definition) is 3. The van der Waals surface area contributed by atoms with Crippen LogP contribution < -0.4 is 0 Å². The number of aliphatic hydroxyl groups is 3. The van der Waals surface area contributed by atoms with Gasteiger partial charge in [0.05, 0.1) is 19.8 Å². The first-order valence-corrected chi connectivity index (χ1v) is 4.85. The summed E-state index contributed by atoms with van der Waals surface area (Å²) >= 11 is 0. The zero-order valence-corrected chi connectivity index (χ0v) is 8.82. The lowest BCUT2D eigenvalue weighted by atomic mass is 9.74. The Balaban J connectivity index is 4.34. The molecule has 0 saturated heterocycles. The van der Waals surface area contributed by atoms with Crippen molar-refractivity contribution < 1.29 is 15.3 Å². The van der Waals surface area contributed by atoms with Crippen molar-refractivity contribution >= 4 is 0 Å². The van der Waals surface area contributed by atoms with Gasteiger partial charge in [0.1, 0.15) is 0 Å². The fraction of sp³-hybridized carbons (Fsp3) is 1.00. The molecule has 0 heterocycles. The molecule has 3 nitrogen and oxygen atoms in total. The lowest BCUT2D eigenvalue weighted by Crippen LogP contribution is -2.40. The van der Waals surface area contributed by atoms with Gasteiger partial charge in [-0.15, -0.1) is 0 Å². The first kappa shape index (κ1) is 12.9. The number of hydrogen-bond acceptors (Lipinski definition) is 3. The molecule has 0 aromatic carbocycles. The van der Waals surface area contributed by atoms with Crippen LogP contribution in [0.3, 0.4) is 0 Å². The molecule has 0 aliphatic rings. The summed E-state index contributed by atoms with van der Waals surface area (Å²) < 4.78 is 0. The van der Waals surface area contributed by atoms with Crippen molar-refractivity contribution in [3.63, 3.8) is 0 Å². The fourth-order valence-corrected chi connectivity index (χ4v) is 1.57. The maximum absolute atomic E-state index is 9.14. The molecule has 0 fully saturated rings. The Labute approximate surface area is 80.4 Å². The quantitative estimate of drug-likeness (QED) is 0.576. The van der Waals surface area contributed by atoms with Gasteiger partial charge in [0.25, 0.3) is 0 Å². The van der Waals surface area contributed by atoms with E-state index in [9.17, 15) is 0 Å². The number of rotatable bonds is 6. The summed E-state index contributed by atoms with van der Waals surface area (Å²) in [5.41, 5.74) is -0.718. The van der Waals surface area contributed by atoms with Crippen molar-refractivity contribution in [3.8, 4) is 0 Å². The van der Waals surface area contributed by atoms with Crippen LogP contribution in [0.25, 0.3) is 0 Å². The van der Waals surface area contributed by atoms with Gasteiger partial charge in [-0.05, 0) is 18.3 Å². The zero-order chi connectivity index (χ0) is 10.5. The minimum atomic E-state index is -0.718. The molecule has 0 saturated carbocycles. The van der Waals surface area contributed by atoms with Gasteiger partial charge >= 0.3 is 0 Å². The Morgan fingerprint density at radius 1 is 0.923 bits per heavy atom. The van der Waals surface area contributed by atoms with Crippen LogP contribution in [0.2, 0.25) is 0 Å². The Bertz CT molecular complexity index is 122. The third kappa shape index (κ3) is 3.25. The summed E-state index contributed by atoms with van der Waals surface area (Å²) in [4.78, 5) is 0. The van der Waals surface area contributed by atoms with Crippen molar-refractivity contribution in [1.29, 1.82) is 0 Å². The summed E-state index contributed by atoms with van der Waals surface area (Å²) in [7, 11) is 0. The molecule has 0 spiro atoms. The maximum Gasteiger partial charge on any atom is 0.0534 e.